The van der Waals surface area contributed by atoms with Gasteiger partial charge >= 0.3 is 6.01 Å². The molecule has 1 atom stereocenters. The van der Waals surface area contributed by atoms with Crippen LogP contribution >= 0.6 is 0 Å². The van der Waals surface area contributed by atoms with Crippen LogP contribution in [-0.2, 0) is 11.3 Å². The number of hydrogen-bond acceptors (Lipinski definition) is 6. The lowest BCUT2D eigenvalue weighted by Crippen LogP contribution is -2.37. The molecule has 1 heterocycles. The van der Waals surface area contributed by atoms with E-state index in [2.05, 4.69) is 20.8 Å². The highest BCUT2D eigenvalue weighted by atomic mass is 16.4. The lowest BCUT2D eigenvalue weighted by molar-refractivity contribution is -0.121. The van der Waals surface area contributed by atoms with Gasteiger partial charge in [-0.15, -0.1) is 5.10 Å². The molecule has 0 saturated carbocycles. The number of rotatable bonds is 5. The maximum Gasteiger partial charge on any atom is 0.316 e. The van der Waals surface area contributed by atoms with Gasteiger partial charge in [0.25, 0.3) is 0 Å². The van der Waals surface area contributed by atoms with Gasteiger partial charge in [-0.3, -0.25) is 4.79 Å². The third-order valence-corrected chi connectivity index (χ3v) is 1.73. The van der Waals surface area contributed by atoms with Gasteiger partial charge in [-0.25, -0.2) is 0 Å². The van der Waals surface area contributed by atoms with E-state index in [1.54, 1.807) is 6.92 Å². The molecule has 7 nitrogen and oxygen atoms in total. The molecule has 7 heteroatoms. The summed E-state index contributed by atoms with van der Waals surface area (Å²) in [7, 11) is 0. The van der Waals surface area contributed by atoms with E-state index < -0.39 is 6.04 Å². The summed E-state index contributed by atoms with van der Waals surface area (Å²) in [5.41, 5.74) is 5.30. The molecule has 1 aromatic rings. The number of anilines is 1. The van der Waals surface area contributed by atoms with Gasteiger partial charge in [-0.2, -0.15) is 0 Å². The zero-order chi connectivity index (χ0) is 11.3. The highest BCUT2D eigenvalue weighted by molar-refractivity contribution is 5.83. The van der Waals surface area contributed by atoms with Crippen LogP contribution in [0.4, 0.5) is 6.01 Å². The van der Waals surface area contributed by atoms with Crippen molar-refractivity contribution < 1.29 is 9.21 Å². The van der Waals surface area contributed by atoms with Crippen molar-refractivity contribution in [3.63, 3.8) is 0 Å². The molecule has 0 bridgehead atoms. The van der Waals surface area contributed by atoms with Gasteiger partial charge in [0.2, 0.25) is 11.8 Å². The first-order valence-corrected chi connectivity index (χ1v) is 4.74. The Kier molecular flexibility index (Phi) is 4.04. The third-order valence-electron chi connectivity index (χ3n) is 1.73. The minimum Gasteiger partial charge on any atom is -0.407 e. The van der Waals surface area contributed by atoms with E-state index in [1.165, 1.54) is 0 Å². The molecule has 4 N–H and O–H groups in total. The van der Waals surface area contributed by atoms with E-state index in [0.29, 0.717) is 12.4 Å². The molecule has 0 aliphatic carbocycles. The second-order valence-corrected chi connectivity index (χ2v) is 2.97. The number of likely N-dealkylation sites (N-methyl/N-ethyl adjacent to an activating group) is 1. The summed E-state index contributed by atoms with van der Waals surface area (Å²) in [6.07, 6.45) is 0. The number of hydrogen-bond donors (Lipinski definition) is 3. The third kappa shape index (κ3) is 3.21. The first-order chi connectivity index (χ1) is 7.17. The molecule has 1 aromatic heterocycles. The largest absolute Gasteiger partial charge is 0.407 e. The first kappa shape index (κ1) is 11.4. The minimum absolute atomic E-state index is 0.120. The van der Waals surface area contributed by atoms with Crippen molar-refractivity contribution in [1.29, 1.82) is 0 Å². The van der Waals surface area contributed by atoms with E-state index in [-0.39, 0.29) is 18.5 Å². The van der Waals surface area contributed by atoms with Crippen LogP contribution in [-0.4, -0.2) is 28.7 Å². The molecular formula is C8H15N5O2. The molecule has 1 unspecified atom stereocenters. The van der Waals surface area contributed by atoms with Crippen LogP contribution in [0.25, 0.3) is 0 Å². The fourth-order valence-electron chi connectivity index (χ4n) is 0.973. The number of carbonyl (C=O) groups is 1. The quantitative estimate of drug-likeness (QED) is 0.606. The van der Waals surface area contributed by atoms with Crippen molar-refractivity contribution in [2.75, 3.05) is 11.9 Å². The Labute approximate surface area is 87.4 Å². The van der Waals surface area contributed by atoms with E-state index in [0.717, 1.165) is 0 Å². The second kappa shape index (κ2) is 5.30. The molecule has 0 radical (unpaired) electrons. The summed E-state index contributed by atoms with van der Waals surface area (Å²) in [6.45, 7) is 4.33. The number of nitrogens with zero attached hydrogens (tertiary/aromatic N) is 2. The van der Waals surface area contributed by atoms with Gasteiger partial charge < -0.3 is 20.8 Å². The predicted molar refractivity (Wildman–Crippen MR) is 54.0 cm³/mol. The molecule has 1 rings (SSSR count). The molecule has 1 amide bonds. The van der Waals surface area contributed by atoms with Crippen LogP contribution in [0.5, 0.6) is 0 Å². The molecule has 0 aliphatic rings. The van der Waals surface area contributed by atoms with Gasteiger partial charge in [0, 0.05) is 6.54 Å². The normalized spacial score (nSPS) is 12.2. The first-order valence-electron chi connectivity index (χ1n) is 4.74. The number of aromatic nitrogens is 2. The Balaban J connectivity index is 2.50. The van der Waals surface area contributed by atoms with Crippen LogP contribution in [0, 0.1) is 0 Å². The fraction of sp³-hybridized carbons (Fsp3) is 0.625. The zero-order valence-electron chi connectivity index (χ0n) is 8.78. The molecule has 0 aliphatic heterocycles. The molecule has 0 spiro atoms. The highest BCUT2D eigenvalue weighted by Gasteiger charge is 2.14. The molecule has 15 heavy (non-hydrogen) atoms. The van der Waals surface area contributed by atoms with Crippen molar-refractivity contribution in [1.82, 2.24) is 15.5 Å². The molecule has 84 valence electrons. The minimum atomic E-state index is -0.420. The summed E-state index contributed by atoms with van der Waals surface area (Å²) in [4.78, 5) is 11.3. The maximum atomic E-state index is 11.3. The molecule has 0 fully saturated rings. The van der Waals surface area contributed by atoms with E-state index in [1.807, 2.05) is 6.92 Å². The topological polar surface area (TPSA) is 106 Å². The Morgan fingerprint density at radius 1 is 1.60 bits per heavy atom. The van der Waals surface area contributed by atoms with Crippen LogP contribution in [0.3, 0.4) is 0 Å². The van der Waals surface area contributed by atoms with Crippen molar-refractivity contribution in [3.05, 3.63) is 5.89 Å². The van der Waals surface area contributed by atoms with Gasteiger partial charge in [0.05, 0.1) is 6.54 Å². The van der Waals surface area contributed by atoms with E-state index in [9.17, 15) is 4.79 Å². The highest BCUT2D eigenvalue weighted by Crippen LogP contribution is 2.05. The average Bonchev–Trinajstić information content (AvgIpc) is 2.66. The lowest BCUT2D eigenvalue weighted by atomic mass is 10.3. The molecule has 0 saturated heterocycles. The van der Waals surface area contributed by atoms with E-state index in [4.69, 9.17) is 10.2 Å². The van der Waals surface area contributed by atoms with Gasteiger partial charge in [-0.1, -0.05) is 5.10 Å². The van der Waals surface area contributed by atoms with Gasteiger partial charge in [0.1, 0.15) is 6.04 Å². The fourth-order valence-corrected chi connectivity index (χ4v) is 0.973. The monoisotopic (exact) mass is 213 g/mol. The van der Waals surface area contributed by atoms with Gasteiger partial charge in [-0.05, 0) is 13.8 Å². The number of nitrogens with one attached hydrogen (secondary N) is 2. The average molecular weight is 213 g/mol. The Morgan fingerprint density at radius 2 is 2.33 bits per heavy atom. The smallest absolute Gasteiger partial charge is 0.316 e. The summed E-state index contributed by atoms with van der Waals surface area (Å²) in [5.74, 6) is 0.214. The van der Waals surface area contributed by atoms with Crippen LogP contribution in [0.2, 0.25) is 0 Å². The second-order valence-electron chi connectivity index (χ2n) is 2.97. The van der Waals surface area contributed by atoms with Crippen molar-refractivity contribution >= 4 is 11.9 Å². The predicted octanol–water partition coefficient (Wildman–Crippen LogP) is -0.535. The van der Waals surface area contributed by atoms with Crippen LogP contribution in [0.15, 0.2) is 4.42 Å². The molecule has 0 aromatic carbocycles. The summed E-state index contributed by atoms with van der Waals surface area (Å²) in [5, 5.41) is 12.8. The summed E-state index contributed by atoms with van der Waals surface area (Å²) in [6, 6.07) is -0.217. The summed E-state index contributed by atoms with van der Waals surface area (Å²) >= 11 is 0. The van der Waals surface area contributed by atoms with Gasteiger partial charge in [0.15, 0.2) is 0 Å². The number of nitrogens with two attached hydrogens (primary N) is 1. The van der Waals surface area contributed by atoms with Crippen molar-refractivity contribution in [2.24, 2.45) is 5.73 Å². The van der Waals surface area contributed by atoms with Crippen molar-refractivity contribution in [3.8, 4) is 0 Å². The maximum absolute atomic E-state index is 11.3. The Morgan fingerprint density at radius 3 is 2.87 bits per heavy atom. The Bertz CT molecular complexity index is 325. The number of carbonyl (C=O) groups excluding carboxylic acids is 1. The van der Waals surface area contributed by atoms with Crippen molar-refractivity contribution in [2.45, 2.75) is 26.4 Å². The Hall–Kier alpha value is -1.63. The van der Waals surface area contributed by atoms with Crippen LogP contribution < -0.4 is 16.4 Å². The number of amides is 1. The standard InChI is InChI=1S/C8H15N5O2/c1-3-10-7(14)5(2)11-8-13-12-6(4-9)15-8/h5H,3-4,9H2,1-2H3,(H,10,14)(H,11,13). The zero-order valence-corrected chi connectivity index (χ0v) is 8.78. The SMILES string of the molecule is CCNC(=O)C(C)Nc1nnc(CN)o1. The van der Waals surface area contributed by atoms with E-state index >= 15 is 0 Å². The lowest BCUT2D eigenvalue weighted by Gasteiger charge is -2.10. The molecular weight excluding hydrogens is 198 g/mol. The van der Waals surface area contributed by atoms with Crippen LogP contribution in [0.1, 0.15) is 19.7 Å². The summed E-state index contributed by atoms with van der Waals surface area (Å²) < 4.78 is 5.09.